The standard InChI is InChI=1S/C4H6N4OS/c1-8-3(2-4(9)10)5-6-7-8/h2H2,1H3,(H,9,10). The third kappa shape index (κ3) is 1.53. The largest absolute Gasteiger partial charge is 0.287 e. The van der Waals surface area contributed by atoms with Gasteiger partial charge in [-0.05, 0) is 10.4 Å². The molecule has 0 N–H and O–H groups in total. The van der Waals surface area contributed by atoms with Crippen molar-refractivity contribution in [2.75, 3.05) is 0 Å². The molecular weight excluding hydrogens is 152 g/mol. The van der Waals surface area contributed by atoms with E-state index in [9.17, 15) is 4.79 Å². The molecule has 0 unspecified atom stereocenters. The second-order valence-electron chi connectivity index (χ2n) is 1.79. The number of rotatable bonds is 2. The molecular formula is C4H6N4OS. The highest BCUT2D eigenvalue weighted by molar-refractivity contribution is 7.96. The number of carbonyl (C=O) groups is 1. The SMILES string of the molecule is Cn1nnnc1CC(=O)S. The van der Waals surface area contributed by atoms with Crippen LogP contribution < -0.4 is 0 Å². The van der Waals surface area contributed by atoms with Crippen molar-refractivity contribution < 1.29 is 4.79 Å². The van der Waals surface area contributed by atoms with Gasteiger partial charge in [0.25, 0.3) is 0 Å². The van der Waals surface area contributed by atoms with Gasteiger partial charge in [-0.2, -0.15) is 0 Å². The summed E-state index contributed by atoms with van der Waals surface area (Å²) in [7, 11) is 1.67. The zero-order valence-electron chi connectivity index (χ0n) is 5.35. The van der Waals surface area contributed by atoms with Crippen LogP contribution in [0.2, 0.25) is 0 Å². The lowest BCUT2D eigenvalue weighted by Crippen LogP contribution is -2.03. The van der Waals surface area contributed by atoms with Crippen LogP contribution in [0.15, 0.2) is 0 Å². The maximum atomic E-state index is 10.4. The van der Waals surface area contributed by atoms with Gasteiger partial charge in [0.1, 0.15) is 0 Å². The molecule has 6 heteroatoms. The summed E-state index contributed by atoms with van der Waals surface area (Å²) in [6.07, 6.45) is 0.173. The first-order valence-electron chi connectivity index (χ1n) is 2.63. The molecule has 0 fully saturated rings. The molecule has 0 atom stereocenters. The van der Waals surface area contributed by atoms with Crippen molar-refractivity contribution in [2.45, 2.75) is 6.42 Å². The van der Waals surface area contributed by atoms with E-state index in [2.05, 4.69) is 28.2 Å². The van der Waals surface area contributed by atoms with E-state index in [1.165, 1.54) is 4.68 Å². The van der Waals surface area contributed by atoms with Gasteiger partial charge < -0.3 is 0 Å². The summed E-state index contributed by atoms with van der Waals surface area (Å²) in [5.74, 6) is 0.528. The minimum absolute atomic E-state index is 0.173. The second kappa shape index (κ2) is 2.78. The monoisotopic (exact) mass is 158 g/mol. The molecule has 0 aromatic carbocycles. The molecule has 1 rings (SSSR count). The van der Waals surface area contributed by atoms with Gasteiger partial charge in [-0.3, -0.25) is 4.79 Å². The van der Waals surface area contributed by atoms with Crippen molar-refractivity contribution in [2.24, 2.45) is 7.05 Å². The molecule has 10 heavy (non-hydrogen) atoms. The molecule has 1 aromatic heterocycles. The number of hydrogen-bond donors (Lipinski definition) is 1. The second-order valence-corrected chi connectivity index (χ2v) is 2.29. The zero-order valence-corrected chi connectivity index (χ0v) is 6.25. The quantitative estimate of drug-likeness (QED) is 0.573. The molecule has 0 aliphatic heterocycles. The zero-order chi connectivity index (χ0) is 7.56. The minimum Gasteiger partial charge on any atom is -0.287 e. The summed E-state index contributed by atoms with van der Waals surface area (Å²) in [5, 5.41) is 10.2. The Bertz CT molecular complexity index is 245. The van der Waals surface area contributed by atoms with Crippen LogP contribution in [0.25, 0.3) is 0 Å². The van der Waals surface area contributed by atoms with Crippen LogP contribution >= 0.6 is 12.6 Å². The summed E-state index contributed by atoms with van der Waals surface area (Å²) < 4.78 is 1.44. The Kier molecular flexibility index (Phi) is 2.00. The lowest BCUT2D eigenvalue weighted by Gasteiger charge is -1.90. The first-order chi connectivity index (χ1) is 4.70. The van der Waals surface area contributed by atoms with Crippen LogP contribution in [-0.4, -0.2) is 25.3 Å². The van der Waals surface area contributed by atoms with E-state index in [0.29, 0.717) is 5.82 Å². The van der Waals surface area contributed by atoms with Crippen LogP contribution in [0.1, 0.15) is 5.82 Å². The Balaban J connectivity index is 2.74. The fourth-order valence-electron chi connectivity index (χ4n) is 0.533. The van der Waals surface area contributed by atoms with Gasteiger partial charge >= 0.3 is 0 Å². The van der Waals surface area contributed by atoms with Crippen molar-refractivity contribution in [3.8, 4) is 0 Å². The number of thiol groups is 1. The van der Waals surface area contributed by atoms with Crippen LogP contribution in [-0.2, 0) is 18.3 Å². The van der Waals surface area contributed by atoms with Crippen molar-refractivity contribution in [3.05, 3.63) is 5.82 Å². The van der Waals surface area contributed by atoms with E-state index in [0.717, 1.165) is 0 Å². The third-order valence-corrected chi connectivity index (χ3v) is 1.18. The highest BCUT2D eigenvalue weighted by Gasteiger charge is 2.04. The number of hydrogen-bond acceptors (Lipinski definition) is 4. The number of carbonyl (C=O) groups excluding carboxylic acids is 1. The molecule has 0 bridgehead atoms. The normalized spacial score (nSPS) is 9.80. The number of nitrogens with zero attached hydrogens (tertiary/aromatic N) is 4. The fraction of sp³-hybridized carbons (Fsp3) is 0.500. The van der Waals surface area contributed by atoms with Crippen LogP contribution in [0.5, 0.6) is 0 Å². The maximum absolute atomic E-state index is 10.4. The summed E-state index contributed by atoms with van der Waals surface area (Å²) in [5.41, 5.74) is 0. The van der Waals surface area contributed by atoms with Gasteiger partial charge in [-0.15, -0.1) is 17.7 Å². The van der Waals surface area contributed by atoms with Crippen molar-refractivity contribution in [1.82, 2.24) is 20.2 Å². The summed E-state index contributed by atoms with van der Waals surface area (Å²) in [4.78, 5) is 10.4. The first kappa shape index (κ1) is 7.20. The van der Waals surface area contributed by atoms with Gasteiger partial charge in [0.2, 0.25) is 0 Å². The smallest absolute Gasteiger partial charge is 0.193 e. The summed E-state index contributed by atoms with van der Waals surface area (Å²) in [6, 6.07) is 0. The van der Waals surface area contributed by atoms with E-state index in [1.807, 2.05) is 0 Å². The lowest BCUT2D eigenvalue weighted by atomic mass is 10.4. The van der Waals surface area contributed by atoms with Crippen molar-refractivity contribution in [3.63, 3.8) is 0 Å². The number of aryl methyl sites for hydroxylation is 1. The van der Waals surface area contributed by atoms with Gasteiger partial charge in [0.15, 0.2) is 10.9 Å². The maximum Gasteiger partial charge on any atom is 0.193 e. The fourth-order valence-corrected chi connectivity index (χ4v) is 0.674. The Morgan fingerprint density at radius 2 is 2.50 bits per heavy atom. The highest BCUT2D eigenvalue weighted by Crippen LogP contribution is 1.92. The van der Waals surface area contributed by atoms with Gasteiger partial charge in [-0.25, -0.2) is 4.68 Å². The first-order valence-corrected chi connectivity index (χ1v) is 3.08. The van der Waals surface area contributed by atoms with Gasteiger partial charge in [0.05, 0.1) is 6.42 Å². The van der Waals surface area contributed by atoms with Crippen LogP contribution in [0.4, 0.5) is 0 Å². The molecule has 1 heterocycles. The van der Waals surface area contributed by atoms with Gasteiger partial charge in [-0.1, -0.05) is 0 Å². The molecule has 0 amide bonds. The number of aromatic nitrogens is 4. The topological polar surface area (TPSA) is 60.7 Å². The molecule has 0 spiro atoms. The van der Waals surface area contributed by atoms with Crippen LogP contribution in [0.3, 0.4) is 0 Å². The molecule has 54 valence electrons. The molecule has 0 saturated carbocycles. The summed E-state index contributed by atoms with van der Waals surface area (Å²) in [6.45, 7) is 0. The van der Waals surface area contributed by atoms with Crippen LogP contribution in [0, 0.1) is 0 Å². The lowest BCUT2D eigenvalue weighted by molar-refractivity contribution is -0.110. The molecule has 0 radical (unpaired) electrons. The van der Waals surface area contributed by atoms with E-state index in [1.54, 1.807) is 7.05 Å². The molecule has 5 nitrogen and oxygen atoms in total. The average Bonchev–Trinajstić information content (AvgIpc) is 2.15. The predicted molar refractivity (Wildman–Crippen MR) is 36.5 cm³/mol. The molecule has 0 saturated heterocycles. The molecule has 1 aromatic rings. The van der Waals surface area contributed by atoms with Crippen molar-refractivity contribution in [1.29, 1.82) is 0 Å². The van der Waals surface area contributed by atoms with E-state index in [-0.39, 0.29) is 11.5 Å². The summed E-state index contributed by atoms with van der Waals surface area (Å²) >= 11 is 3.58. The Hall–Kier alpha value is -0.910. The average molecular weight is 158 g/mol. The molecule has 0 aliphatic rings. The molecule has 0 aliphatic carbocycles. The minimum atomic E-state index is -0.238. The Morgan fingerprint density at radius 1 is 1.80 bits per heavy atom. The van der Waals surface area contributed by atoms with E-state index in [4.69, 9.17) is 0 Å². The predicted octanol–water partition coefficient (Wildman–Crippen LogP) is -0.791. The van der Waals surface area contributed by atoms with Gasteiger partial charge in [0, 0.05) is 7.05 Å². The Morgan fingerprint density at radius 3 is 2.90 bits per heavy atom. The van der Waals surface area contributed by atoms with E-state index >= 15 is 0 Å². The highest BCUT2D eigenvalue weighted by atomic mass is 32.1. The Labute approximate surface area is 62.8 Å². The van der Waals surface area contributed by atoms with E-state index < -0.39 is 0 Å². The number of tetrazole rings is 1. The third-order valence-electron chi connectivity index (χ3n) is 1.02. The van der Waals surface area contributed by atoms with Crippen molar-refractivity contribution >= 4 is 17.7 Å².